The van der Waals surface area contributed by atoms with Crippen LogP contribution in [0.5, 0.6) is 5.75 Å². The van der Waals surface area contributed by atoms with E-state index in [1.54, 1.807) is 49.6 Å². The Hall–Kier alpha value is -2.49. The van der Waals surface area contributed by atoms with Crippen LogP contribution in [0.25, 0.3) is 0 Å². The lowest BCUT2D eigenvalue weighted by Gasteiger charge is -2.15. The first-order valence-electron chi connectivity index (χ1n) is 9.37. The number of anilines is 1. The van der Waals surface area contributed by atoms with Gasteiger partial charge in [0.05, 0.1) is 23.4 Å². The molecule has 0 heterocycles. The topological polar surface area (TPSA) is 88.7 Å². The Kier molecular flexibility index (Phi) is 9.72. The number of hydrogen-bond donors (Lipinski definition) is 3. The Bertz CT molecular complexity index is 908. The van der Waals surface area contributed by atoms with Crippen molar-refractivity contribution in [1.29, 1.82) is 0 Å². The van der Waals surface area contributed by atoms with E-state index in [9.17, 15) is 9.59 Å². The summed E-state index contributed by atoms with van der Waals surface area (Å²) in [5.41, 5.74) is 1.26. The summed E-state index contributed by atoms with van der Waals surface area (Å²) in [6.07, 6.45) is 0.831. The van der Waals surface area contributed by atoms with Gasteiger partial charge in [0, 0.05) is 18.1 Å². The molecule has 9 heteroatoms. The first kappa shape index (κ1) is 23.8. The van der Waals surface area contributed by atoms with Gasteiger partial charge in [-0.1, -0.05) is 35.0 Å². The third-order valence-electron chi connectivity index (χ3n) is 3.91. The van der Waals surface area contributed by atoms with Gasteiger partial charge < -0.3 is 20.1 Å². The van der Waals surface area contributed by atoms with Crippen molar-refractivity contribution in [2.45, 2.75) is 13.3 Å². The largest absolute Gasteiger partial charge is 0.490 e. The highest BCUT2D eigenvalue weighted by molar-refractivity contribution is 9.10. The first-order valence-corrected chi connectivity index (χ1v) is 10.6. The van der Waals surface area contributed by atoms with Gasteiger partial charge in [-0.3, -0.25) is 14.9 Å². The summed E-state index contributed by atoms with van der Waals surface area (Å²) < 4.78 is 11.3. The SMILES string of the molecule is CCCNC(=O)c1ccccc1NC(=S)NC(=O)c1cc(Br)ccc1OCCOC. The van der Waals surface area contributed by atoms with Gasteiger partial charge in [-0.15, -0.1) is 0 Å². The van der Waals surface area contributed by atoms with Gasteiger partial charge in [-0.25, -0.2) is 0 Å². The van der Waals surface area contributed by atoms with Crippen molar-refractivity contribution in [1.82, 2.24) is 10.6 Å². The Labute approximate surface area is 189 Å². The summed E-state index contributed by atoms with van der Waals surface area (Å²) in [5.74, 6) is -0.237. The van der Waals surface area contributed by atoms with E-state index in [1.807, 2.05) is 6.92 Å². The summed E-state index contributed by atoms with van der Waals surface area (Å²) in [7, 11) is 1.57. The lowest BCUT2D eigenvalue weighted by Crippen LogP contribution is -2.35. The average molecular weight is 494 g/mol. The van der Waals surface area contributed by atoms with Crippen LogP contribution in [0.4, 0.5) is 5.69 Å². The highest BCUT2D eigenvalue weighted by Crippen LogP contribution is 2.23. The first-order chi connectivity index (χ1) is 14.5. The fourth-order valence-corrected chi connectivity index (χ4v) is 3.05. The molecule has 2 aromatic rings. The Morgan fingerprint density at radius 2 is 1.83 bits per heavy atom. The Morgan fingerprint density at radius 3 is 2.57 bits per heavy atom. The second kappa shape index (κ2) is 12.3. The van der Waals surface area contributed by atoms with Crippen LogP contribution in [0, 0.1) is 0 Å². The highest BCUT2D eigenvalue weighted by atomic mass is 79.9. The Morgan fingerprint density at radius 1 is 1.07 bits per heavy atom. The summed E-state index contributed by atoms with van der Waals surface area (Å²) in [4.78, 5) is 25.1. The maximum absolute atomic E-state index is 12.8. The number of hydrogen-bond acceptors (Lipinski definition) is 5. The number of halogens is 1. The summed E-state index contributed by atoms with van der Waals surface area (Å²) in [6.45, 7) is 3.25. The fraction of sp³-hybridized carbons (Fsp3) is 0.286. The van der Waals surface area contributed by atoms with E-state index >= 15 is 0 Å². The second-order valence-electron chi connectivity index (χ2n) is 6.19. The van der Waals surface area contributed by atoms with Crippen LogP contribution >= 0.6 is 28.1 Å². The van der Waals surface area contributed by atoms with E-state index < -0.39 is 5.91 Å². The van der Waals surface area contributed by atoms with Crippen LogP contribution in [0.1, 0.15) is 34.1 Å². The molecule has 0 saturated carbocycles. The molecule has 2 amide bonds. The predicted octanol–water partition coefficient (Wildman–Crippen LogP) is 3.74. The van der Waals surface area contributed by atoms with Crippen LogP contribution in [-0.4, -0.2) is 43.8 Å². The monoisotopic (exact) mass is 493 g/mol. The zero-order valence-electron chi connectivity index (χ0n) is 16.8. The molecule has 0 saturated heterocycles. The minimum absolute atomic E-state index is 0.0681. The number of thiocarbonyl (C=S) groups is 1. The number of rotatable bonds is 9. The number of methoxy groups -OCH3 is 1. The summed E-state index contributed by atoms with van der Waals surface area (Å²) in [6, 6.07) is 12.1. The molecule has 0 spiro atoms. The molecule has 0 radical (unpaired) electrons. The molecule has 0 unspecified atom stereocenters. The van der Waals surface area contributed by atoms with Crippen molar-refractivity contribution in [3.63, 3.8) is 0 Å². The van der Waals surface area contributed by atoms with Crippen molar-refractivity contribution < 1.29 is 19.1 Å². The molecule has 0 bridgehead atoms. The number of carbonyl (C=O) groups excluding carboxylic acids is 2. The normalized spacial score (nSPS) is 10.2. The van der Waals surface area contributed by atoms with E-state index in [-0.39, 0.29) is 11.0 Å². The van der Waals surface area contributed by atoms with Gasteiger partial charge in [0.1, 0.15) is 12.4 Å². The van der Waals surface area contributed by atoms with Crippen LogP contribution in [0.3, 0.4) is 0 Å². The van der Waals surface area contributed by atoms with E-state index in [2.05, 4.69) is 31.9 Å². The summed E-state index contributed by atoms with van der Waals surface area (Å²) >= 11 is 8.64. The van der Waals surface area contributed by atoms with Crippen molar-refractivity contribution >= 4 is 50.8 Å². The van der Waals surface area contributed by atoms with Gasteiger partial charge in [-0.2, -0.15) is 0 Å². The van der Waals surface area contributed by atoms with E-state index in [4.69, 9.17) is 21.7 Å². The number of carbonyl (C=O) groups is 2. The number of nitrogens with one attached hydrogen (secondary N) is 3. The van der Waals surface area contributed by atoms with Crippen molar-refractivity contribution in [3.05, 3.63) is 58.1 Å². The molecule has 2 aromatic carbocycles. The van der Waals surface area contributed by atoms with Crippen LogP contribution in [0.15, 0.2) is 46.9 Å². The second-order valence-corrected chi connectivity index (χ2v) is 7.52. The lowest BCUT2D eigenvalue weighted by molar-refractivity contribution is 0.0951. The molecule has 7 nitrogen and oxygen atoms in total. The molecule has 0 aliphatic carbocycles. The zero-order chi connectivity index (χ0) is 21.9. The van der Waals surface area contributed by atoms with Gasteiger partial charge in [0.25, 0.3) is 11.8 Å². The van der Waals surface area contributed by atoms with Gasteiger partial charge in [0.15, 0.2) is 5.11 Å². The molecule has 0 aliphatic heterocycles. The van der Waals surface area contributed by atoms with Gasteiger partial charge >= 0.3 is 0 Å². The fourth-order valence-electron chi connectivity index (χ4n) is 2.49. The molecule has 2 rings (SSSR count). The van der Waals surface area contributed by atoms with Gasteiger partial charge in [0.2, 0.25) is 0 Å². The third kappa shape index (κ3) is 7.08. The molecule has 0 fully saturated rings. The molecular formula is C21H24BrN3O4S. The van der Waals surface area contributed by atoms with Crippen molar-refractivity contribution in [3.8, 4) is 5.75 Å². The molecule has 160 valence electrons. The van der Waals surface area contributed by atoms with Gasteiger partial charge in [-0.05, 0) is 49.0 Å². The van der Waals surface area contributed by atoms with Crippen LogP contribution in [0.2, 0.25) is 0 Å². The van der Waals surface area contributed by atoms with Crippen molar-refractivity contribution in [2.75, 3.05) is 32.2 Å². The van der Waals surface area contributed by atoms with Crippen LogP contribution < -0.4 is 20.7 Å². The number of amides is 2. The van der Waals surface area contributed by atoms with E-state index in [1.165, 1.54) is 0 Å². The maximum Gasteiger partial charge on any atom is 0.261 e. The highest BCUT2D eigenvalue weighted by Gasteiger charge is 2.16. The average Bonchev–Trinajstić information content (AvgIpc) is 2.73. The minimum Gasteiger partial charge on any atom is -0.490 e. The van der Waals surface area contributed by atoms with E-state index in [0.29, 0.717) is 42.3 Å². The molecule has 30 heavy (non-hydrogen) atoms. The molecule has 0 aliphatic rings. The number of ether oxygens (including phenoxy) is 2. The maximum atomic E-state index is 12.8. The molecule has 0 atom stereocenters. The molecule has 3 N–H and O–H groups in total. The minimum atomic E-state index is -0.436. The standard InChI is InChI=1S/C21H24BrN3O4S/c1-3-10-23-19(26)15-6-4-5-7-17(15)24-21(30)25-20(27)16-13-14(22)8-9-18(16)29-12-11-28-2/h4-9,13H,3,10-12H2,1-2H3,(H,23,26)(H2,24,25,27,30). The summed E-state index contributed by atoms with van der Waals surface area (Å²) in [5, 5.41) is 8.44. The lowest BCUT2D eigenvalue weighted by atomic mass is 10.1. The number of para-hydroxylation sites is 1. The molecular weight excluding hydrogens is 470 g/mol. The quantitative estimate of drug-likeness (QED) is 0.364. The third-order valence-corrected chi connectivity index (χ3v) is 4.61. The number of benzene rings is 2. The van der Waals surface area contributed by atoms with Crippen molar-refractivity contribution in [2.24, 2.45) is 0 Å². The molecule has 0 aromatic heterocycles. The Balaban J connectivity index is 2.10. The van der Waals surface area contributed by atoms with E-state index in [0.717, 1.165) is 10.9 Å². The van der Waals surface area contributed by atoms with Crippen LogP contribution in [-0.2, 0) is 4.74 Å². The zero-order valence-corrected chi connectivity index (χ0v) is 19.2. The smallest absolute Gasteiger partial charge is 0.261 e. The predicted molar refractivity (Wildman–Crippen MR) is 124 cm³/mol.